The zero-order valence-corrected chi connectivity index (χ0v) is 12.1. The fourth-order valence-electron chi connectivity index (χ4n) is 1.15. The van der Waals surface area contributed by atoms with Crippen LogP contribution in [0.3, 0.4) is 0 Å². The molecule has 0 bridgehead atoms. The molecule has 4 heteroatoms. The average Bonchev–Trinajstić information content (AvgIpc) is 2.85. The van der Waals surface area contributed by atoms with E-state index in [0.717, 1.165) is 15.4 Å². The van der Waals surface area contributed by atoms with Crippen LogP contribution in [0.2, 0.25) is 0 Å². The Kier molecular flexibility index (Phi) is 7.64. The van der Waals surface area contributed by atoms with Crippen LogP contribution >= 0.6 is 15.9 Å². The summed E-state index contributed by atoms with van der Waals surface area (Å²) in [5.74, 6) is 0.623. The van der Waals surface area contributed by atoms with Crippen molar-refractivity contribution in [2.45, 2.75) is 27.7 Å². The molecule has 0 aliphatic carbocycles. The van der Waals surface area contributed by atoms with Crippen LogP contribution < -0.4 is 4.74 Å². The summed E-state index contributed by atoms with van der Waals surface area (Å²) in [6.45, 7) is 8.00. The lowest BCUT2D eigenvalue weighted by Crippen LogP contribution is -1.88. The quantitative estimate of drug-likeness (QED) is 0.844. The largest absolute Gasteiger partial charge is 0.479 e. The molecule has 0 spiro atoms. The molecule has 16 heavy (non-hydrogen) atoms. The lowest BCUT2D eigenvalue weighted by atomic mass is 10.3. The Labute approximate surface area is 105 Å². The number of H-pyrrole nitrogens is 1. The summed E-state index contributed by atoms with van der Waals surface area (Å²) in [7, 11) is 1.61. The van der Waals surface area contributed by atoms with Gasteiger partial charge in [-0.15, -0.1) is 0 Å². The van der Waals surface area contributed by atoms with E-state index in [1.165, 1.54) is 0 Å². The molecule has 0 saturated carbocycles. The van der Waals surface area contributed by atoms with Crippen molar-refractivity contribution in [2.24, 2.45) is 0 Å². The number of hydrogen-bond donors (Lipinski definition) is 1. The molecule has 90 valence electrons. The van der Waals surface area contributed by atoms with Crippen molar-refractivity contribution in [3.63, 3.8) is 0 Å². The smallest absolute Gasteiger partial charge is 0.238 e. The highest BCUT2D eigenvalue weighted by atomic mass is 79.9. The fourth-order valence-corrected chi connectivity index (χ4v) is 1.58. The standard InChI is InChI=1S/C8H7BrN2O.2C2H6/c1-12-8-7-5(2-3-10-7)6(9)4-11-8;2*1-2/h2-4,10H,1H3;2*1-2H3. The molecule has 3 nitrogen and oxygen atoms in total. The molecule has 1 N–H and O–H groups in total. The minimum absolute atomic E-state index is 0.623. The lowest BCUT2D eigenvalue weighted by Gasteiger charge is -2.00. The first kappa shape index (κ1) is 15.0. The van der Waals surface area contributed by atoms with E-state index in [0.29, 0.717) is 5.88 Å². The van der Waals surface area contributed by atoms with Crippen molar-refractivity contribution in [3.05, 3.63) is 22.9 Å². The first-order valence-electron chi connectivity index (χ1n) is 5.48. The highest BCUT2D eigenvalue weighted by Gasteiger charge is 2.05. The molecule has 0 radical (unpaired) electrons. The van der Waals surface area contributed by atoms with Crippen LogP contribution in [-0.4, -0.2) is 17.1 Å². The Morgan fingerprint density at radius 3 is 2.44 bits per heavy atom. The van der Waals surface area contributed by atoms with Gasteiger partial charge in [-0.3, -0.25) is 0 Å². The molecule has 0 aliphatic rings. The van der Waals surface area contributed by atoms with Crippen molar-refractivity contribution in [3.8, 4) is 5.88 Å². The van der Waals surface area contributed by atoms with Crippen LogP contribution in [-0.2, 0) is 0 Å². The van der Waals surface area contributed by atoms with E-state index in [-0.39, 0.29) is 0 Å². The van der Waals surface area contributed by atoms with E-state index >= 15 is 0 Å². The minimum Gasteiger partial charge on any atom is -0.479 e. The third-order valence-electron chi connectivity index (χ3n) is 1.71. The number of aromatic nitrogens is 2. The second kappa shape index (κ2) is 8.16. The fraction of sp³-hybridized carbons (Fsp3) is 0.417. The van der Waals surface area contributed by atoms with Crippen molar-refractivity contribution in [2.75, 3.05) is 7.11 Å². The molecule has 2 rings (SSSR count). The summed E-state index contributed by atoms with van der Waals surface area (Å²) in [5.41, 5.74) is 0.923. The van der Waals surface area contributed by atoms with Gasteiger partial charge in [0.1, 0.15) is 5.52 Å². The molecular formula is C12H19BrN2O. The normalized spacial score (nSPS) is 8.62. The summed E-state index contributed by atoms with van der Waals surface area (Å²) in [5, 5.41) is 1.09. The highest BCUT2D eigenvalue weighted by molar-refractivity contribution is 9.10. The SMILES string of the molecule is CC.CC.COc1ncc(Br)c2cc[nH]c12. The van der Waals surface area contributed by atoms with Gasteiger partial charge in [0.05, 0.1) is 7.11 Å². The van der Waals surface area contributed by atoms with Crippen LogP contribution in [0.25, 0.3) is 10.9 Å². The van der Waals surface area contributed by atoms with E-state index in [2.05, 4.69) is 25.9 Å². The average molecular weight is 287 g/mol. The molecule has 0 atom stereocenters. The Balaban J connectivity index is 0.000000509. The molecule has 0 fully saturated rings. The maximum absolute atomic E-state index is 5.08. The van der Waals surface area contributed by atoms with E-state index < -0.39 is 0 Å². The number of halogens is 1. The third-order valence-corrected chi connectivity index (χ3v) is 2.34. The third kappa shape index (κ3) is 3.23. The maximum Gasteiger partial charge on any atom is 0.238 e. The van der Waals surface area contributed by atoms with Gasteiger partial charge in [0.2, 0.25) is 5.88 Å². The number of aromatic amines is 1. The summed E-state index contributed by atoms with van der Waals surface area (Å²) < 4.78 is 6.05. The molecule has 0 unspecified atom stereocenters. The number of nitrogens with zero attached hydrogens (tertiary/aromatic N) is 1. The first-order chi connectivity index (χ1) is 7.83. The maximum atomic E-state index is 5.08. The molecular weight excluding hydrogens is 268 g/mol. The summed E-state index contributed by atoms with van der Waals surface area (Å²) >= 11 is 3.40. The highest BCUT2D eigenvalue weighted by Crippen LogP contribution is 2.27. The van der Waals surface area contributed by atoms with Crippen molar-refractivity contribution in [1.82, 2.24) is 9.97 Å². The van der Waals surface area contributed by atoms with Crippen molar-refractivity contribution < 1.29 is 4.74 Å². The number of rotatable bonds is 1. The van der Waals surface area contributed by atoms with Gasteiger partial charge < -0.3 is 9.72 Å². The molecule has 2 heterocycles. The van der Waals surface area contributed by atoms with Crippen LogP contribution in [0.1, 0.15) is 27.7 Å². The molecule has 0 amide bonds. The number of methoxy groups -OCH3 is 1. The molecule has 0 aliphatic heterocycles. The zero-order chi connectivity index (χ0) is 12.6. The van der Waals surface area contributed by atoms with Crippen LogP contribution in [0.4, 0.5) is 0 Å². The van der Waals surface area contributed by atoms with Gasteiger partial charge in [0, 0.05) is 22.3 Å². The molecule has 2 aromatic heterocycles. The van der Waals surface area contributed by atoms with Crippen molar-refractivity contribution >= 4 is 26.8 Å². The number of fused-ring (bicyclic) bond motifs is 1. The van der Waals surface area contributed by atoms with E-state index in [1.807, 2.05) is 40.0 Å². The van der Waals surface area contributed by atoms with E-state index in [9.17, 15) is 0 Å². The van der Waals surface area contributed by atoms with Crippen LogP contribution in [0, 0.1) is 0 Å². The number of hydrogen-bond acceptors (Lipinski definition) is 2. The zero-order valence-electron chi connectivity index (χ0n) is 10.5. The molecule has 2 aromatic rings. The summed E-state index contributed by atoms with van der Waals surface area (Å²) in [4.78, 5) is 7.16. The predicted octanol–water partition coefficient (Wildman–Crippen LogP) is 4.39. The number of nitrogens with one attached hydrogen (secondary N) is 1. The first-order valence-corrected chi connectivity index (χ1v) is 6.28. The van der Waals surface area contributed by atoms with Crippen molar-refractivity contribution in [1.29, 1.82) is 0 Å². The van der Waals surface area contributed by atoms with Gasteiger partial charge in [-0.2, -0.15) is 0 Å². The Bertz CT molecular complexity index is 412. The minimum atomic E-state index is 0.623. The second-order valence-corrected chi connectivity index (χ2v) is 3.24. The Hall–Kier alpha value is -1.03. The van der Waals surface area contributed by atoms with Crippen LogP contribution in [0.5, 0.6) is 5.88 Å². The molecule has 0 aromatic carbocycles. The van der Waals surface area contributed by atoms with Gasteiger partial charge in [-0.05, 0) is 22.0 Å². The van der Waals surface area contributed by atoms with E-state index in [1.54, 1.807) is 13.3 Å². The predicted molar refractivity (Wildman–Crippen MR) is 73.0 cm³/mol. The van der Waals surface area contributed by atoms with Gasteiger partial charge in [0.15, 0.2) is 0 Å². The topological polar surface area (TPSA) is 37.9 Å². The monoisotopic (exact) mass is 286 g/mol. The number of ether oxygens (including phenoxy) is 1. The number of pyridine rings is 1. The van der Waals surface area contributed by atoms with E-state index in [4.69, 9.17) is 4.74 Å². The second-order valence-electron chi connectivity index (χ2n) is 2.38. The van der Waals surface area contributed by atoms with Gasteiger partial charge >= 0.3 is 0 Å². The van der Waals surface area contributed by atoms with Gasteiger partial charge in [0.25, 0.3) is 0 Å². The summed E-state index contributed by atoms with van der Waals surface area (Å²) in [6, 6.07) is 1.98. The lowest BCUT2D eigenvalue weighted by molar-refractivity contribution is 0.402. The Morgan fingerprint density at radius 2 is 1.88 bits per heavy atom. The Morgan fingerprint density at radius 1 is 1.25 bits per heavy atom. The van der Waals surface area contributed by atoms with Gasteiger partial charge in [-0.1, -0.05) is 27.7 Å². The molecule has 0 saturated heterocycles. The van der Waals surface area contributed by atoms with Crippen LogP contribution in [0.15, 0.2) is 22.9 Å². The summed E-state index contributed by atoms with van der Waals surface area (Å²) in [6.07, 6.45) is 3.59. The van der Waals surface area contributed by atoms with Gasteiger partial charge in [-0.25, -0.2) is 4.98 Å².